The molecule has 226 valence electrons. The molecule has 6 aromatic carbocycles. The molecule has 0 bridgehead atoms. The van der Waals surface area contributed by atoms with Gasteiger partial charge in [0.05, 0.1) is 37.9 Å². The van der Waals surface area contributed by atoms with E-state index in [1.165, 1.54) is 0 Å². The highest BCUT2D eigenvalue weighted by Gasteiger charge is 2.27. The van der Waals surface area contributed by atoms with Crippen LogP contribution in [0.15, 0.2) is 121 Å². The largest absolute Gasteiger partial charge is 0.307 e. The maximum absolute atomic E-state index is 10.7. The maximum atomic E-state index is 10.7. The zero-order chi connectivity index (χ0) is 32.9. The summed E-state index contributed by atoms with van der Waals surface area (Å²) in [5.41, 5.74) is 9.10. The van der Waals surface area contributed by atoms with Crippen LogP contribution in [0.25, 0.3) is 60.9 Å². The summed E-state index contributed by atoms with van der Waals surface area (Å²) in [6.45, 7) is 6.45. The first kappa shape index (κ1) is 30.3. The first-order chi connectivity index (χ1) is 22.7. The SMILES string of the molecule is CC(C)(C)c1ccc(-c2c(Cl)c(C#N)c(-n3c4ccc(-c5ccccc5)cc4c4cc(-c5ccccc5)ccc43)c(C#N)c2Cl)cc1. The van der Waals surface area contributed by atoms with Crippen molar-refractivity contribution < 1.29 is 0 Å². The van der Waals surface area contributed by atoms with Gasteiger partial charge in [-0.25, -0.2) is 0 Å². The molecule has 0 unspecified atom stereocenters. The number of halogens is 2. The quantitative estimate of drug-likeness (QED) is 0.191. The average molecular weight is 647 g/mol. The molecule has 0 N–H and O–H groups in total. The van der Waals surface area contributed by atoms with Crippen molar-refractivity contribution in [3.05, 3.63) is 148 Å². The second-order valence-corrected chi connectivity index (χ2v) is 13.4. The minimum absolute atomic E-state index is 0.0388. The second-order valence-electron chi connectivity index (χ2n) is 12.7. The van der Waals surface area contributed by atoms with E-state index < -0.39 is 0 Å². The number of rotatable bonds is 4. The van der Waals surface area contributed by atoms with E-state index in [4.69, 9.17) is 23.2 Å². The van der Waals surface area contributed by atoms with Crippen LogP contribution in [0.5, 0.6) is 0 Å². The molecule has 7 rings (SSSR count). The molecule has 0 fully saturated rings. The van der Waals surface area contributed by atoms with Gasteiger partial charge in [0.2, 0.25) is 0 Å². The monoisotopic (exact) mass is 645 g/mol. The van der Waals surface area contributed by atoms with Crippen molar-refractivity contribution in [1.29, 1.82) is 10.5 Å². The lowest BCUT2D eigenvalue weighted by molar-refractivity contribution is 0.590. The molecule has 7 aromatic rings. The molecule has 0 aliphatic heterocycles. The van der Waals surface area contributed by atoms with Crippen molar-refractivity contribution >= 4 is 45.0 Å². The van der Waals surface area contributed by atoms with Crippen LogP contribution < -0.4 is 0 Å². The van der Waals surface area contributed by atoms with Gasteiger partial charge in [-0.05, 0) is 63.1 Å². The lowest BCUT2D eigenvalue weighted by atomic mass is 9.86. The Bertz CT molecular complexity index is 2270. The Kier molecular flexibility index (Phi) is 7.62. The molecule has 0 spiro atoms. The van der Waals surface area contributed by atoms with E-state index in [1.54, 1.807) is 0 Å². The first-order valence-electron chi connectivity index (χ1n) is 15.4. The Morgan fingerprint density at radius 1 is 0.532 bits per heavy atom. The van der Waals surface area contributed by atoms with E-state index >= 15 is 0 Å². The smallest absolute Gasteiger partial charge is 0.103 e. The van der Waals surface area contributed by atoms with E-state index in [1.807, 2.05) is 77.4 Å². The molecule has 47 heavy (non-hydrogen) atoms. The predicted molar refractivity (Wildman–Crippen MR) is 195 cm³/mol. The van der Waals surface area contributed by atoms with Gasteiger partial charge in [0.25, 0.3) is 0 Å². The molecule has 1 heterocycles. The highest BCUT2D eigenvalue weighted by atomic mass is 35.5. The molecule has 0 saturated carbocycles. The van der Waals surface area contributed by atoms with Gasteiger partial charge < -0.3 is 4.57 Å². The number of benzene rings is 6. The lowest BCUT2D eigenvalue weighted by Crippen LogP contribution is -2.10. The molecule has 0 saturated heterocycles. The van der Waals surface area contributed by atoms with Crippen molar-refractivity contribution in [3.8, 4) is 51.2 Å². The Balaban J connectivity index is 1.54. The highest BCUT2D eigenvalue weighted by Crippen LogP contribution is 2.46. The van der Waals surface area contributed by atoms with E-state index in [2.05, 4.69) is 81.4 Å². The molecule has 0 aliphatic rings. The Hall–Kier alpha value is -5.32. The van der Waals surface area contributed by atoms with Gasteiger partial charge in [-0.15, -0.1) is 0 Å². The summed E-state index contributed by atoms with van der Waals surface area (Å²) in [5.74, 6) is 0. The third kappa shape index (κ3) is 5.15. The van der Waals surface area contributed by atoms with Crippen LogP contribution in [0, 0.1) is 22.7 Å². The van der Waals surface area contributed by atoms with Gasteiger partial charge in [-0.3, -0.25) is 0 Å². The van der Waals surface area contributed by atoms with Gasteiger partial charge in [-0.1, -0.05) is 141 Å². The van der Waals surface area contributed by atoms with E-state index in [0.717, 1.165) is 55.2 Å². The van der Waals surface area contributed by atoms with Crippen LogP contribution in [-0.4, -0.2) is 4.57 Å². The minimum Gasteiger partial charge on any atom is -0.307 e. The molecular weight excluding hydrogens is 617 g/mol. The number of hydrogen-bond donors (Lipinski definition) is 0. The maximum Gasteiger partial charge on any atom is 0.103 e. The summed E-state index contributed by atoms with van der Waals surface area (Å²) in [6.07, 6.45) is 0. The summed E-state index contributed by atoms with van der Waals surface area (Å²) in [7, 11) is 0. The van der Waals surface area contributed by atoms with Crippen molar-refractivity contribution in [2.75, 3.05) is 0 Å². The number of aromatic nitrogens is 1. The van der Waals surface area contributed by atoms with Crippen LogP contribution >= 0.6 is 23.2 Å². The van der Waals surface area contributed by atoms with Crippen LogP contribution in [0.1, 0.15) is 37.5 Å². The van der Waals surface area contributed by atoms with Gasteiger partial charge in [0.1, 0.15) is 12.1 Å². The predicted octanol–water partition coefficient (Wildman–Crippen LogP) is 12.1. The number of fused-ring (bicyclic) bond motifs is 3. The second kappa shape index (κ2) is 11.8. The fraction of sp³-hybridized carbons (Fsp3) is 0.0952. The normalized spacial score (nSPS) is 11.5. The number of nitriles is 2. The molecule has 3 nitrogen and oxygen atoms in total. The van der Waals surface area contributed by atoms with Crippen molar-refractivity contribution in [1.82, 2.24) is 4.57 Å². The standard InChI is InChI=1S/C42H29Cl2N3/c1-42(2,3)31-18-14-28(15-19-31)38-39(43)34(24-45)41(35(25-46)40(38)44)47-36-20-16-29(26-10-6-4-7-11-26)22-32(36)33-23-30(17-21-37(33)47)27-12-8-5-9-13-27/h4-23H,1-3H3. The summed E-state index contributed by atoms with van der Waals surface area (Å²) < 4.78 is 1.97. The van der Waals surface area contributed by atoms with Crippen LogP contribution in [-0.2, 0) is 5.41 Å². The van der Waals surface area contributed by atoms with Crippen molar-refractivity contribution in [2.45, 2.75) is 26.2 Å². The number of hydrogen-bond acceptors (Lipinski definition) is 2. The van der Waals surface area contributed by atoms with Gasteiger partial charge in [-0.2, -0.15) is 10.5 Å². The fourth-order valence-corrected chi connectivity index (χ4v) is 7.10. The summed E-state index contributed by atoms with van der Waals surface area (Å²) in [4.78, 5) is 0. The summed E-state index contributed by atoms with van der Waals surface area (Å²) in [6, 6.07) is 45.7. The molecular formula is C42H29Cl2N3. The van der Waals surface area contributed by atoms with E-state index in [-0.39, 0.29) is 26.6 Å². The van der Waals surface area contributed by atoms with Crippen LogP contribution in [0.2, 0.25) is 10.0 Å². The number of nitrogens with zero attached hydrogens (tertiary/aromatic N) is 3. The molecule has 0 atom stereocenters. The Morgan fingerprint density at radius 3 is 1.36 bits per heavy atom. The summed E-state index contributed by atoms with van der Waals surface area (Å²) >= 11 is 14.2. The van der Waals surface area contributed by atoms with Crippen LogP contribution in [0.3, 0.4) is 0 Å². The highest BCUT2D eigenvalue weighted by molar-refractivity contribution is 6.41. The van der Waals surface area contributed by atoms with Crippen LogP contribution in [0.4, 0.5) is 0 Å². The van der Waals surface area contributed by atoms with Crippen molar-refractivity contribution in [2.24, 2.45) is 0 Å². The molecule has 0 aliphatic carbocycles. The zero-order valence-electron chi connectivity index (χ0n) is 26.1. The molecule has 0 radical (unpaired) electrons. The van der Waals surface area contributed by atoms with Gasteiger partial charge >= 0.3 is 0 Å². The third-order valence-electron chi connectivity index (χ3n) is 8.82. The first-order valence-corrected chi connectivity index (χ1v) is 16.1. The molecule has 1 aromatic heterocycles. The topological polar surface area (TPSA) is 52.5 Å². The van der Waals surface area contributed by atoms with Crippen molar-refractivity contribution in [3.63, 3.8) is 0 Å². The Morgan fingerprint density at radius 2 is 0.957 bits per heavy atom. The average Bonchev–Trinajstić information content (AvgIpc) is 3.41. The van der Waals surface area contributed by atoms with E-state index in [0.29, 0.717) is 11.3 Å². The van der Waals surface area contributed by atoms with E-state index in [9.17, 15) is 10.5 Å². The van der Waals surface area contributed by atoms with Gasteiger partial charge in [0, 0.05) is 16.3 Å². The third-order valence-corrected chi connectivity index (χ3v) is 9.57. The fourth-order valence-electron chi connectivity index (χ4n) is 6.38. The van der Waals surface area contributed by atoms with Gasteiger partial charge in [0.15, 0.2) is 0 Å². The summed E-state index contributed by atoms with van der Waals surface area (Å²) in [5, 5.41) is 23.7. The Labute approximate surface area is 284 Å². The molecule has 5 heteroatoms. The minimum atomic E-state index is -0.0388. The lowest BCUT2D eigenvalue weighted by Gasteiger charge is -2.21. The zero-order valence-corrected chi connectivity index (χ0v) is 27.7. The molecule has 0 amide bonds.